The first kappa shape index (κ1) is 16.6. The topological polar surface area (TPSA) is 54.9 Å². The molecule has 1 aromatic heterocycles. The van der Waals surface area contributed by atoms with E-state index < -0.39 is 0 Å². The molecule has 5 heteroatoms. The first-order valence-electron chi connectivity index (χ1n) is 9.00. The molecule has 2 aliphatic rings. The van der Waals surface area contributed by atoms with E-state index in [0.29, 0.717) is 22.9 Å². The second kappa shape index (κ2) is 7.16. The van der Waals surface area contributed by atoms with Crippen LogP contribution in [0.2, 0.25) is 0 Å². The maximum absolute atomic E-state index is 12.3. The van der Waals surface area contributed by atoms with Crippen LogP contribution in [-0.4, -0.2) is 27.7 Å². The Morgan fingerprint density at radius 3 is 2.76 bits per heavy atom. The molecule has 0 aliphatic heterocycles. The van der Waals surface area contributed by atoms with Crippen molar-refractivity contribution in [2.45, 2.75) is 43.8 Å². The Morgan fingerprint density at radius 2 is 2.04 bits per heavy atom. The molecule has 4 nitrogen and oxygen atoms in total. The summed E-state index contributed by atoms with van der Waals surface area (Å²) in [5.74, 6) is 2.04. The van der Waals surface area contributed by atoms with Gasteiger partial charge in [-0.1, -0.05) is 48.5 Å². The van der Waals surface area contributed by atoms with E-state index in [1.165, 1.54) is 37.4 Å². The average Bonchev–Trinajstić information content (AvgIpc) is 3.23. The number of nitrogens with one attached hydrogen (secondary N) is 1. The molecule has 0 unspecified atom stereocenters. The van der Waals surface area contributed by atoms with Crippen molar-refractivity contribution in [1.29, 1.82) is 0 Å². The predicted octanol–water partition coefficient (Wildman–Crippen LogP) is 3.85. The van der Waals surface area contributed by atoms with Gasteiger partial charge in [0, 0.05) is 17.3 Å². The molecule has 3 atom stereocenters. The zero-order valence-corrected chi connectivity index (χ0v) is 15.3. The van der Waals surface area contributed by atoms with Crippen LogP contribution < -0.4 is 5.32 Å². The van der Waals surface area contributed by atoms with Gasteiger partial charge in [-0.15, -0.1) is 0 Å². The summed E-state index contributed by atoms with van der Waals surface area (Å²) >= 11 is 1.42. The van der Waals surface area contributed by atoms with Crippen molar-refractivity contribution in [2.75, 3.05) is 5.75 Å². The lowest BCUT2D eigenvalue weighted by Gasteiger charge is -2.22. The van der Waals surface area contributed by atoms with E-state index in [9.17, 15) is 4.79 Å². The third-order valence-corrected chi connectivity index (χ3v) is 6.17. The van der Waals surface area contributed by atoms with Gasteiger partial charge in [0.05, 0.1) is 11.4 Å². The van der Waals surface area contributed by atoms with Gasteiger partial charge in [-0.3, -0.25) is 4.79 Å². The number of fused-ring (bicyclic) bond motifs is 2. The fraction of sp³-hybridized carbons (Fsp3) is 0.450. The minimum Gasteiger partial charge on any atom is -0.352 e. The fourth-order valence-corrected chi connectivity index (χ4v) is 4.88. The molecule has 1 heterocycles. The lowest BCUT2D eigenvalue weighted by molar-refractivity contribution is -0.119. The lowest BCUT2D eigenvalue weighted by atomic mass is 9.95. The number of nitrogens with zero attached hydrogens (tertiary/aromatic N) is 2. The SMILES string of the molecule is Cc1cc(-c2ccccc2)nc(SCC(=O)N[C@@H]2C[C@H]3CC[C@@H]2C3)n1. The summed E-state index contributed by atoms with van der Waals surface area (Å²) in [6, 6.07) is 12.5. The largest absolute Gasteiger partial charge is 0.352 e. The van der Waals surface area contributed by atoms with Crippen molar-refractivity contribution in [1.82, 2.24) is 15.3 Å². The normalized spacial score (nSPS) is 24.4. The van der Waals surface area contributed by atoms with Gasteiger partial charge in [0.15, 0.2) is 5.16 Å². The highest BCUT2D eigenvalue weighted by Gasteiger charge is 2.39. The van der Waals surface area contributed by atoms with Crippen LogP contribution >= 0.6 is 11.8 Å². The van der Waals surface area contributed by atoms with Crippen LogP contribution in [0, 0.1) is 18.8 Å². The Bertz CT molecular complexity index is 765. The van der Waals surface area contributed by atoms with E-state index in [-0.39, 0.29) is 5.91 Å². The molecule has 4 rings (SSSR count). The van der Waals surface area contributed by atoms with E-state index >= 15 is 0 Å². The van der Waals surface area contributed by atoms with Crippen LogP contribution in [0.5, 0.6) is 0 Å². The first-order valence-corrected chi connectivity index (χ1v) is 9.99. The molecule has 2 aromatic rings. The minimum atomic E-state index is 0.105. The van der Waals surface area contributed by atoms with Crippen LogP contribution in [-0.2, 0) is 4.79 Å². The molecule has 1 N–H and O–H groups in total. The number of benzene rings is 1. The number of hydrogen-bond acceptors (Lipinski definition) is 4. The summed E-state index contributed by atoms with van der Waals surface area (Å²) in [5.41, 5.74) is 2.90. The van der Waals surface area contributed by atoms with E-state index in [1.54, 1.807) is 0 Å². The third-order valence-electron chi connectivity index (χ3n) is 5.32. The molecular formula is C20H23N3OS. The van der Waals surface area contributed by atoms with Crippen molar-refractivity contribution >= 4 is 17.7 Å². The Labute approximate surface area is 152 Å². The van der Waals surface area contributed by atoms with Crippen LogP contribution in [0.3, 0.4) is 0 Å². The zero-order valence-electron chi connectivity index (χ0n) is 14.4. The van der Waals surface area contributed by atoms with E-state index in [0.717, 1.165) is 22.9 Å². The van der Waals surface area contributed by atoms with Gasteiger partial charge >= 0.3 is 0 Å². The number of hydrogen-bond donors (Lipinski definition) is 1. The summed E-state index contributed by atoms with van der Waals surface area (Å²) < 4.78 is 0. The van der Waals surface area contributed by atoms with Crippen molar-refractivity contribution in [2.24, 2.45) is 11.8 Å². The first-order chi connectivity index (χ1) is 12.2. The highest BCUT2D eigenvalue weighted by Crippen LogP contribution is 2.44. The van der Waals surface area contributed by atoms with Crippen molar-refractivity contribution in [3.8, 4) is 11.3 Å². The number of thioether (sulfide) groups is 1. The molecule has 0 radical (unpaired) electrons. The summed E-state index contributed by atoms with van der Waals surface area (Å²) in [4.78, 5) is 21.4. The molecule has 0 spiro atoms. The highest BCUT2D eigenvalue weighted by molar-refractivity contribution is 7.99. The van der Waals surface area contributed by atoms with Gasteiger partial charge in [0.25, 0.3) is 0 Å². The molecule has 2 bridgehead atoms. The Hall–Kier alpha value is -1.88. The fourth-order valence-electron chi connectivity index (χ4n) is 4.16. The maximum atomic E-state index is 12.3. The minimum absolute atomic E-state index is 0.105. The molecular weight excluding hydrogens is 330 g/mol. The molecule has 1 amide bonds. The molecule has 130 valence electrons. The van der Waals surface area contributed by atoms with Gasteiger partial charge in [-0.05, 0) is 44.1 Å². The summed E-state index contributed by atoms with van der Waals surface area (Å²) in [6.07, 6.45) is 5.11. The number of carbonyl (C=O) groups is 1. The van der Waals surface area contributed by atoms with Crippen LogP contribution in [0.1, 0.15) is 31.4 Å². The summed E-state index contributed by atoms with van der Waals surface area (Å²) in [7, 11) is 0. The van der Waals surface area contributed by atoms with Gasteiger partial charge < -0.3 is 5.32 Å². The van der Waals surface area contributed by atoms with Gasteiger partial charge in [-0.25, -0.2) is 9.97 Å². The molecule has 1 aromatic carbocycles. The summed E-state index contributed by atoms with van der Waals surface area (Å²) in [5, 5.41) is 3.89. The highest BCUT2D eigenvalue weighted by atomic mass is 32.2. The Kier molecular flexibility index (Phi) is 4.75. The van der Waals surface area contributed by atoms with Gasteiger partial charge in [-0.2, -0.15) is 0 Å². The van der Waals surface area contributed by atoms with E-state index in [1.807, 2.05) is 43.3 Å². The number of rotatable bonds is 5. The van der Waals surface area contributed by atoms with E-state index in [4.69, 9.17) is 0 Å². The number of amides is 1. The quantitative estimate of drug-likeness (QED) is 0.655. The van der Waals surface area contributed by atoms with E-state index in [2.05, 4.69) is 15.3 Å². The molecule has 2 aliphatic carbocycles. The van der Waals surface area contributed by atoms with Crippen molar-refractivity contribution in [3.63, 3.8) is 0 Å². The molecule has 2 fully saturated rings. The molecule has 0 saturated heterocycles. The monoisotopic (exact) mass is 353 g/mol. The van der Waals surface area contributed by atoms with Gasteiger partial charge in [0.2, 0.25) is 5.91 Å². The van der Waals surface area contributed by atoms with Crippen LogP contribution in [0.25, 0.3) is 11.3 Å². The summed E-state index contributed by atoms with van der Waals surface area (Å²) in [6.45, 7) is 1.97. The second-order valence-electron chi connectivity index (χ2n) is 7.18. The Morgan fingerprint density at radius 1 is 1.20 bits per heavy atom. The zero-order chi connectivity index (χ0) is 17.2. The lowest BCUT2D eigenvalue weighted by Crippen LogP contribution is -2.39. The smallest absolute Gasteiger partial charge is 0.230 e. The van der Waals surface area contributed by atoms with Crippen molar-refractivity contribution < 1.29 is 4.79 Å². The predicted molar refractivity (Wildman–Crippen MR) is 100 cm³/mol. The average molecular weight is 353 g/mol. The Balaban J connectivity index is 1.37. The number of aryl methyl sites for hydroxylation is 1. The standard InChI is InChI=1S/C20H23N3OS/c1-13-9-17(15-5-3-2-4-6-15)23-20(21-13)25-12-19(24)22-18-11-14-7-8-16(18)10-14/h2-6,9,14,16,18H,7-8,10-12H2,1H3,(H,22,24)/t14-,16+,18+/m0/s1. The molecule has 2 saturated carbocycles. The van der Waals surface area contributed by atoms with Gasteiger partial charge in [0.1, 0.15) is 0 Å². The number of carbonyl (C=O) groups excluding carboxylic acids is 1. The van der Waals surface area contributed by atoms with Crippen LogP contribution in [0.15, 0.2) is 41.6 Å². The second-order valence-corrected chi connectivity index (χ2v) is 8.12. The van der Waals surface area contributed by atoms with Crippen LogP contribution in [0.4, 0.5) is 0 Å². The third kappa shape index (κ3) is 3.87. The maximum Gasteiger partial charge on any atom is 0.230 e. The number of aromatic nitrogens is 2. The van der Waals surface area contributed by atoms with Crippen molar-refractivity contribution in [3.05, 3.63) is 42.1 Å². The molecule has 25 heavy (non-hydrogen) atoms.